The zero-order valence-corrected chi connectivity index (χ0v) is 10.9. The minimum atomic E-state index is 0.152. The lowest BCUT2D eigenvalue weighted by Crippen LogP contribution is -2.01. The molecule has 0 spiro atoms. The molecule has 1 aromatic heterocycles. The summed E-state index contributed by atoms with van der Waals surface area (Å²) in [5.74, 6) is 0. The Bertz CT molecular complexity index is 759. The van der Waals surface area contributed by atoms with E-state index in [-0.39, 0.29) is 5.43 Å². The number of rotatable bonds is 1. The van der Waals surface area contributed by atoms with Crippen LogP contribution < -0.4 is 5.43 Å². The maximum atomic E-state index is 12.5. The van der Waals surface area contributed by atoms with Crippen molar-refractivity contribution < 1.29 is 0 Å². The highest BCUT2D eigenvalue weighted by Gasteiger charge is 2.08. The normalized spacial score (nSPS) is 11.1. The first-order chi connectivity index (χ1) is 8.31. The Labute approximate surface area is 107 Å². The Morgan fingerprint density at radius 1 is 1.00 bits per heavy atom. The highest BCUT2D eigenvalue weighted by molar-refractivity contribution is 7.98. The Balaban J connectivity index is 2.60. The molecule has 0 bridgehead atoms. The fourth-order valence-corrected chi connectivity index (χ4v) is 3.78. The van der Waals surface area contributed by atoms with Crippen molar-refractivity contribution in [3.63, 3.8) is 0 Å². The van der Waals surface area contributed by atoms with Gasteiger partial charge in [-0.05, 0) is 30.5 Å². The fraction of sp³-hybridized carbons (Fsp3) is 0.0714. The zero-order valence-electron chi connectivity index (χ0n) is 9.27. The van der Waals surface area contributed by atoms with Crippen molar-refractivity contribution >= 4 is 43.3 Å². The Morgan fingerprint density at radius 2 is 1.76 bits per heavy atom. The van der Waals surface area contributed by atoms with Crippen molar-refractivity contribution in [1.29, 1.82) is 0 Å². The molecule has 0 fully saturated rings. The second-order valence-electron chi connectivity index (χ2n) is 3.76. The monoisotopic (exact) mass is 258 g/mol. The van der Waals surface area contributed by atoms with Gasteiger partial charge in [0.05, 0.1) is 5.39 Å². The first-order valence-electron chi connectivity index (χ1n) is 5.30. The van der Waals surface area contributed by atoms with Gasteiger partial charge in [-0.3, -0.25) is 4.79 Å². The third-order valence-corrected chi connectivity index (χ3v) is 4.70. The summed E-state index contributed by atoms with van der Waals surface area (Å²) < 4.78 is 2.13. The van der Waals surface area contributed by atoms with Gasteiger partial charge in [-0.15, -0.1) is 23.1 Å². The lowest BCUT2D eigenvalue weighted by molar-refractivity contribution is 1.55. The van der Waals surface area contributed by atoms with Gasteiger partial charge >= 0.3 is 0 Å². The van der Waals surface area contributed by atoms with Gasteiger partial charge in [0.2, 0.25) is 0 Å². The summed E-state index contributed by atoms with van der Waals surface area (Å²) >= 11 is 3.31. The molecule has 0 aliphatic heterocycles. The summed E-state index contributed by atoms with van der Waals surface area (Å²) in [6.45, 7) is 0. The highest BCUT2D eigenvalue weighted by atomic mass is 32.2. The van der Waals surface area contributed by atoms with Crippen LogP contribution in [0, 0.1) is 0 Å². The van der Waals surface area contributed by atoms with E-state index in [1.54, 1.807) is 23.1 Å². The number of hydrogen-bond donors (Lipinski definition) is 0. The number of benzene rings is 2. The molecule has 0 atom stereocenters. The van der Waals surface area contributed by atoms with E-state index >= 15 is 0 Å². The van der Waals surface area contributed by atoms with Crippen LogP contribution in [0.3, 0.4) is 0 Å². The lowest BCUT2D eigenvalue weighted by Gasteiger charge is -2.04. The molecular weight excluding hydrogens is 248 g/mol. The average Bonchev–Trinajstić information content (AvgIpc) is 2.38. The molecule has 3 aromatic rings. The van der Waals surface area contributed by atoms with E-state index in [2.05, 4.69) is 0 Å². The van der Waals surface area contributed by atoms with E-state index in [0.29, 0.717) is 0 Å². The Hall–Kier alpha value is -1.32. The molecule has 0 saturated heterocycles. The van der Waals surface area contributed by atoms with E-state index in [1.165, 1.54) is 0 Å². The van der Waals surface area contributed by atoms with Crippen LogP contribution in [0.5, 0.6) is 0 Å². The minimum absolute atomic E-state index is 0.152. The topological polar surface area (TPSA) is 17.1 Å². The molecule has 1 heterocycles. The van der Waals surface area contributed by atoms with E-state index in [1.807, 2.05) is 48.7 Å². The molecule has 0 aliphatic carbocycles. The van der Waals surface area contributed by atoms with Crippen molar-refractivity contribution in [3.8, 4) is 0 Å². The molecule has 0 amide bonds. The average molecular weight is 258 g/mol. The first-order valence-corrected chi connectivity index (χ1v) is 7.34. The molecule has 0 saturated carbocycles. The summed E-state index contributed by atoms with van der Waals surface area (Å²) in [4.78, 5) is 13.5. The maximum Gasteiger partial charge on any atom is 0.196 e. The van der Waals surface area contributed by atoms with Gasteiger partial charge < -0.3 is 0 Å². The molecule has 1 nitrogen and oxygen atoms in total. The first kappa shape index (κ1) is 10.8. The number of fused-ring (bicyclic) bond motifs is 2. The van der Waals surface area contributed by atoms with Gasteiger partial charge in [-0.25, -0.2) is 0 Å². The quantitative estimate of drug-likeness (QED) is 0.482. The van der Waals surface area contributed by atoms with Crippen molar-refractivity contribution in [3.05, 3.63) is 52.7 Å². The molecule has 0 unspecified atom stereocenters. The second-order valence-corrected chi connectivity index (χ2v) is 5.69. The molecular formula is C14H10OS2. The smallest absolute Gasteiger partial charge is 0.196 e. The molecule has 0 N–H and O–H groups in total. The van der Waals surface area contributed by atoms with Gasteiger partial charge in [0.25, 0.3) is 0 Å². The van der Waals surface area contributed by atoms with Gasteiger partial charge in [-0.1, -0.05) is 18.2 Å². The predicted molar refractivity (Wildman–Crippen MR) is 77.4 cm³/mol. The third kappa shape index (κ3) is 1.66. The van der Waals surface area contributed by atoms with E-state index in [4.69, 9.17) is 0 Å². The van der Waals surface area contributed by atoms with Crippen molar-refractivity contribution in [1.82, 2.24) is 0 Å². The second kappa shape index (κ2) is 4.17. The Morgan fingerprint density at radius 3 is 2.59 bits per heavy atom. The predicted octanol–water partition coefficient (Wildman–Crippen LogP) is 4.14. The van der Waals surface area contributed by atoms with Gasteiger partial charge in [0, 0.05) is 19.7 Å². The van der Waals surface area contributed by atoms with E-state index in [9.17, 15) is 4.79 Å². The van der Waals surface area contributed by atoms with Crippen LogP contribution in [0.1, 0.15) is 0 Å². The SMILES string of the molecule is CSc1cccc2sc3ccccc3c(=O)c12. The molecule has 17 heavy (non-hydrogen) atoms. The van der Waals surface area contributed by atoms with Gasteiger partial charge in [0.15, 0.2) is 5.43 Å². The summed E-state index contributed by atoms with van der Waals surface area (Å²) in [6.07, 6.45) is 2.01. The number of thioether (sulfide) groups is 1. The molecule has 2 aromatic carbocycles. The van der Waals surface area contributed by atoms with Crippen LogP contribution in [0.25, 0.3) is 20.2 Å². The highest BCUT2D eigenvalue weighted by Crippen LogP contribution is 2.29. The molecule has 0 radical (unpaired) electrons. The molecule has 84 valence electrons. The molecule has 3 heteroatoms. The summed E-state index contributed by atoms with van der Waals surface area (Å²) in [5.41, 5.74) is 0.152. The van der Waals surface area contributed by atoms with Crippen molar-refractivity contribution in [2.75, 3.05) is 6.26 Å². The molecule has 3 rings (SSSR count). The van der Waals surface area contributed by atoms with Crippen molar-refractivity contribution in [2.24, 2.45) is 0 Å². The molecule has 0 aliphatic rings. The zero-order chi connectivity index (χ0) is 11.8. The van der Waals surface area contributed by atoms with Gasteiger partial charge in [0.1, 0.15) is 0 Å². The number of hydrogen-bond acceptors (Lipinski definition) is 3. The van der Waals surface area contributed by atoms with E-state index < -0.39 is 0 Å². The fourth-order valence-electron chi connectivity index (χ4n) is 1.99. The summed E-state index contributed by atoms with van der Waals surface area (Å²) in [5, 5.41) is 1.69. The minimum Gasteiger partial charge on any atom is -0.288 e. The van der Waals surface area contributed by atoms with Crippen LogP contribution in [-0.2, 0) is 0 Å². The maximum absolute atomic E-state index is 12.5. The van der Waals surface area contributed by atoms with Crippen molar-refractivity contribution in [2.45, 2.75) is 4.90 Å². The van der Waals surface area contributed by atoms with Crippen LogP contribution >= 0.6 is 23.1 Å². The lowest BCUT2D eigenvalue weighted by atomic mass is 10.2. The van der Waals surface area contributed by atoms with Crippen LogP contribution in [-0.4, -0.2) is 6.26 Å². The summed E-state index contributed by atoms with van der Waals surface area (Å²) in [7, 11) is 0. The van der Waals surface area contributed by atoms with Gasteiger partial charge in [-0.2, -0.15) is 0 Å². The van der Waals surface area contributed by atoms with Crippen LogP contribution in [0.4, 0.5) is 0 Å². The van der Waals surface area contributed by atoms with Crippen LogP contribution in [0.15, 0.2) is 52.2 Å². The van der Waals surface area contributed by atoms with E-state index in [0.717, 1.165) is 25.1 Å². The third-order valence-electron chi connectivity index (χ3n) is 2.79. The summed E-state index contributed by atoms with van der Waals surface area (Å²) in [6, 6.07) is 13.9. The largest absolute Gasteiger partial charge is 0.288 e. The Kier molecular flexibility index (Phi) is 2.65. The van der Waals surface area contributed by atoms with Crippen LogP contribution in [0.2, 0.25) is 0 Å². The standard InChI is InChI=1S/C14H10OS2/c1-16-11-7-4-8-12-13(11)14(15)9-5-2-3-6-10(9)17-12/h2-8H,1H3.